The minimum atomic E-state index is -0.451. The number of hydrogen-bond donors (Lipinski definition) is 0. The van der Waals surface area contributed by atoms with Crippen molar-refractivity contribution in [2.45, 2.75) is 24.8 Å². The van der Waals surface area contributed by atoms with E-state index in [0.29, 0.717) is 5.92 Å². The lowest BCUT2D eigenvalue weighted by atomic mass is 9.77. The number of aromatic nitrogens is 2. The van der Waals surface area contributed by atoms with Crippen LogP contribution in [0.15, 0.2) is 104 Å². The zero-order chi connectivity index (χ0) is 19.0. The predicted molar refractivity (Wildman–Crippen MR) is 113 cm³/mol. The Labute approximate surface area is 166 Å². The van der Waals surface area contributed by atoms with E-state index in [2.05, 4.69) is 109 Å². The molecule has 138 valence electrons. The second kappa shape index (κ2) is 6.79. The van der Waals surface area contributed by atoms with Gasteiger partial charge < -0.3 is 4.57 Å². The minimum absolute atomic E-state index is 0.451. The Bertz CT molecular complexity index is 955. The van der Waals surface area contributed by atoms with Gasteiger partial charge in [-0.05, 0) is 29.0 Å². The van der Waals surface area contributed by atoms with E-state index in [1.807, 2.05) is 6.33 Å². The van der Waals surface area contributed by atoms with Gasteiger partial charge in [0.25, 0.3) is 0 Å². The molecule has 4 aromatic rings. The molecule has 5 rings (SSSR count). The molecule has 0 radical (unpaired) electrons. The Balaban J connectivity index is 1.81. The average Bonchev–Trinajstić information content (AvgIpc) is 3.29. The van der Waals surface area contributed by atoms with Crippen LogP contribution in [0.1, 0.15) is 41.6 Å². The number of hydrogen-bond acceptors (Lipinski definition) is 1. The molecule has 0 amide bonds. The first-order chi connectivity index (χ1) is 13.8. The first kappa shape index (κ1) is 17.0. The van der Waals surface area contributed by atoms with Crippen LogP contribution in [0.2, 0.25) is 0 Å². The summed E-state index contributed by atoms with van der Waals surface area (Å²) >= 11 is 0. The standard InChI is InChI=1S/C26H24N2/c1-20-17-24(20)25-18-28(19-27-25)26(21-11-5-2-6-12-21,22-13-7-3-8-14-22)23-15-9-4-10-16-23/h2-16,18-20,24H,17H2,1H3. The van der Waals surface area contributed by atoms with Crippen molar-refractivity contribution in [3.8, 4) is 0 Å². The molecule has 2 unspecified atom stereocenters. The van der Waals surface area contributed by atoms with Crippen molar-refractivity contribution in [3.63, 3.8) is 0 Å². The van der Waals surface area contributed by atoms with Gasteiger partial charge in [0.05, 0.1) is 12.0 Å². The molecule has 2 heteroatoms. The molecule has 1 aliphatic rings. The summed E-state index contributed by atoms with van der Waals surface area (Å²) in [5.74, 6) is 1.34. The van der Waals surface area contributed by atoms with E-state index in [4.69, 9.17) is 4.98 Å². The molecule has 0 spiro atoms. The second-order valence-electron chi connectivity index (χ2n) is 7.83. The maximum atomic E-state index is 4.83. The monoisotopic (exact) mass is 364 g/mol. The number of rotatable bonds is 5. The Morgan fingerprint density at radius 1 is 0.750 bits per heavy atom. The van der Waals surface area contributed by atoms with Crippen LogP contribution >= 0.6 is 0 Å². The Hall–Kier alpha value is -3.13. The number of imidazole rings is 1. The molecule has 3 aromatic carbocycles. The predicted octanol–water partition coefficient (Wildman–Crippen LogP) is 5.85. The highest BCUT2D eigenvalue weighted by atomic mass is 15.1. The SMILES string of the molecule is CC1CC1c1cn(C(c2ccccc2)(c2ccccc2)c2ccccc2)cn1. The Morgan fingerprint density at radius 2 is 1.18 bits per heavy atom. The van der Waals surface area contributed by atoms with Gasteiger partial charge in [-0.3, -0.25) is 0 Å². The van der Waals surface area contributed by atoms with Gasteiger partial charge in [-0.25, -0.2) is 4.98 Å². The molecular weight excluding hydrogens is 340 g/mol. The number of benzene rings is 3. The van der Waals surface area contributed by atoms with Gasteiger partial charge in [0.15, 0.2) is 0 Å². The van der Waals surface area contributed by atoms with Gasteiger partial charge in [0, 0.05) is 12.1 Å². The third kappa shape index (κ3) is 2.68. The zero-order valence-electron chi connectivity index (χ0n) is 16.1. The van der Waals surface area contributed by atoms with Crippen molar-refractivity contribution < 1.29 is 0 Å². The van der Waals surface area contributed by atoms with Crippen molar-refractivity contribution in [1.29, 1.82) is 0 Å². The zero-order valence-corrected chi connectivity index (χ0v) is 16.1. The van der Waals surface area contributed by atoms with Crippen molar-refractivity contribution >= 4 is 0 Å². The van der Waals surface area contributed by atoms with E-state index in [0.717, 1.165) is 5.92 Å². The summed E-state index contributed by atoms with van der Waals surface area (Å²) < 4.78 is 2.31. The minimum Gasteiger partial charge on any atom is -0.319 e. The smallest absolute Gasteiger partial charge is 0.121 e. The van der Waals surface area contributed by atoms with Gasteiger partial charge in [-0.15, -0.1) is 0 Å². The lowest BCUT2D eigenvalue weighted by Crippen LogP contribution is -2.36. The topological polar surface area (TPSA) is 17.8 Å². The molecule has 1 saturated carbocycles. The summed E-state index contributed by atoms with van der Waals surface area (Å²) in [5, 5.41) is 0. The lowest BCUT2D eigenvalue weighted by molar-refractivity contribution is 0.514. The Morgan fingerprint density at radius 3 is 1.57 bits per heavy atom. The molecule has 0 aliphatic heterocycles. The third-order valence-corrected chi connectivity index (χ3v) is 6.05. The molecule has 0 N–H and O–H groups in total. The van der Waals surface area contributed by atoms with Crippen LogP contribution in [0.3, 0.4) is 0 Å². The number of nitrogens with zero attached hydrogens (tertiary/aromatic N) is 2. The molecule has 0 bridgehead atoms. The molecule has 1 aliphatic carbocycles. The van der Waals surface area contributed by atoms with Crippen LogP contribution in [0.4, 0.5) is 0 Å². The van der Waals surface area contributed by atoms with E-state index >= 15 is 0 Å². The fourth-order valence-electron chi connectivity index (χ4n) is 4.43. The van der Waals surface area contributed by atoms with Crippen LogP contribution < -0.4 is 0 Å². The summed E-state index contributed by atoms with van der Waals surface area (Å²) in [7, 11) is 0. The van der Waals surface area contributed by atoms with Gasteiger partial charge in [0.1, 0.15) is 5.54 Å². The molecule has 28 heavy (non-hydrogen) atoms. The van der Waals surface area contributed by atoms with Crippen molar-refractivity contribution in [2.24, 2.45) is 5.92 Å². The van der Waals surface area contributed by atoms with Gasteiger partial charge in [-0.2, -0.15) is 0 Å². The third-order valence-electron chi connectivity index (χ3n) is 6.05. The molecule has 1 heterocycles. The van der Waals surface area contributed by atoms with Gasteiger partial charge >= 0.3 is 0 Å². The summed E-state index contributed by atoms with van der Waals surface area (Å²) in [5.41, 5.74) is 4.47. The molecule has 2 nitrogen and oxygen atoms in total. The van der Waals surface area contributed by atoms with Crippen LogP contribution in [0, 0.1) is 5.92 Å². The second-order valence-corrected chi connectivity index (χ2v) is 7.83. The molecule has 1 fully saturated rings. The van der Waals surface area contributed by atoms with E-state index in [1.54, 1.807) is 0 Å². The van der Waals surface area contributed by atoms with Crippen LogP contribution in [0.25, 0.3) is 0 Å². The first-order valence-electron chi connectivity index (χ1n) is 10.0. The highest BCUT2D eigenvalue weighted by Gasteiger charge is 2.41. The normalized spacial score (nSPS) is 18.8. The summed E-state index contributed by atoms with van der Waals surface area (Å²) in [6.07, 6.45) is 5.53. The molecular formula is C26H24N2. The highest BCUT2D eigenvalue weighted by Crippen LogP contribution is 2.47. The van der Waals surface area contributed by atoms with E-state index in [1.165, 1.54) is 28.8 Å². The van der Waals surface area contributed by atoms with Crippen LogP contribution in [-0.2, 0) is 5.54 Å². The first-order valence-corrected chi connectivity index (χ1v) is 10.0. The molecule has 1 aromatic heterocycles. The quantitative estimate of drug-likeness (QED) is 0.406. The summed E-state index contributed by atoms with van der Waals surface area (Å²) in [4.78, 5) is 4.83. The van der Waals surface area contributed by atoms with E-state index in [-0.39, 0.29) is 0 Å². The highest BCUT2D eigenvalue weighted by molar-refractivity contribution is 5.50. The van der Waals surface area contributed by atoms with Crippen molar-refractivity contribution in [3.05, 3.63) is 126 Å². The van der Waals surface area contributed by atoms with Crippen LogP contribution in [-0.4, -0.2) is 9.55 Å². The fourth-order valence-corrected chi connectivity index (χ4v) is 4.43. The maximum Gasteiger partial charge on any atom is 0.121 e. The average molecular weight is 364 g/mol. The van der Waals surface area contributed by atoms with E-state index < -0.39 is 5.54 Å². The van der Waals surface area contributed by atoms with Crippen molar-refractivity contribution in [2.75, 3.05) is 0 Å². The van der Waals surface area contributed by atoms with Gasteiger partial charge in [-0.1, -0.05) is 97.9 Å². The lowest BCUT2D eigenvalue weighted by Gasteiger charge is -2.37. The van der Waals surface area contributed by atoms with Crippen LogP contribution in [0.5, 0.6) is 0 Å². The summed E-state index contributed by atoms with van der Waals surface area (Å²) in [6.45, 7) is 2.31. The fraction of sp³-hybridized carbons (Fsp3) is 0.192. The molecule has 2 atom stereocenters. The van der Waals surface area contributed by atoms with Gasteiger partial charge in [0.2, 0.25) is 0 Å². The van der Waals surface area contributed by atoms with E-state index in [9.17, 15) is 0 Å². The maximum absolute atomic E-state index is 4.83. The largest absolute Gasteiger partial charge is 0.319 e. The summed E-state index contributed by atoms with van der Waals surface area (Å²) in [6, 6.07) is 32.3. The molecule has 0 saturated heterocycles. The van der Waals surface area contributed by atoms with Crippen molar-refractivity contribution in [1.82, 2.24) is 9.55 Å². The Kier molecular flexibility index (Phi) is 4.12.